The molecule has 1 aromatic carbocycles. The molecule has 0 radical (unpaired) electrons. The monoisotopic (exact) mass is 451 g/mol. The Labute approximate surface area is 167 Å². The Morgan fingerprint density at radius 2 is 1.89 bits per heavy atom. The summed E-state index contributed by atoms with van der Waals surface area (Å²) < 4.78 is 8.35. The van der Waals surface area contributed by atoms with E-state index in [9.17, 15) is 20.1 Å². The van der Waals surface area contributed by atoms with Gasteiger partial charge in [-0.3, -0.25) is 13.9 Å². The number of nitrogen functional groups attached to an aromatic ring is 1. The van der Waals surface area contributed by atoms with Crippen LogP contribution in [0.15, 0.2) is 39.9 Å². The fraction of sp³-hybridized carbons (Fsp3) is 0.353. The molecule has 4 atom stereocenters. The fourth-order valence-electron chi connectivity index (χ4n) is 3.29. The first kappa shape index (κ1) is 19.0. The summed E-state index contributed by atoms with van der Waals surface area (Å²) in [5.41, 5.74) is 6.60. The van der Waals surface area contributed by atoms with Gasteiger partial charge in [-0.2, -0.15) is 4.98 Å². The smallest absolute Gasteiger partial charge is 0.283 e. The molecule has 3 aromatic rings. The average molecular weight is 452 g/mol. The van der Waals surface area contributed by atoms with E-state index in [0.717, 1.165) is 5.56 Å². The molecule has 28 heavy (non-hydrogen) atoms. The van der Waals surface area contributed by atoms with Crippen LogP contribution in [0.4, 0.5) is 5.95 Å². The third-order valence-electron chi connectivity index (χ3n) is 4.74. The van der Waals surface area contributed by atoms with Crippen molar-refractivity contribution in [2.45, 2.75) is 31.1 Å². The van der Waals surface area contributed by atoms with Gasteiger partial charge in [-0.25, -0.2) is 4.98 Å². The Morgan fingerprint density at radius 3 is 2.54 bits per heavy atom. The number of nitrogens with two attached hydrogens (primary N) is 1. The van der Waals surface area contributed by atoms with Crippen LogP contribution in [0.25, 0.3) is 11.2 Å². The van der Waals surface area contributed by atoms with Crippen LogP contribution in [-0.2, 0) is 11.3 Å². The maximum atomic E-state index is 13.0. The number of hydrogen-bond acceptors (Lipinski definition) is 8. The standard InChI is InChI=1S/C17H18BrN5O5/c18-16-20-10-13(23(16)15-12(26)11(25)9(7-24)28-15)21-17(19)22(14(10)27)6-8-4-2-1-3-5-8/h1-5,9,11-12,15,24-26H,6-7H2,(H2,19,21)/t9-,11-,12-,15-/m1/s1. The molecule has 0 unspecified atom stereocenters. The van der Waals surface area contributed by atoms with E-state index in [1.54, 1.807) is 0 Å². The van der Waals surface area contributed by atoms with Gasteiger partial charge in [0.2, 0.25) is 5.95 Å². The number of nitrogens with zero attached hydrogens (tertiary/aromatic N) is 4. The molecular weight excluding hydrogens is 434 g/mol. The van der Waals surface area contributed by atoms with Gasteiger partial charge in [-0.05, 0) is 21.5 Å². The van der Waals surface area contributed by atoms with Gasteiger partial charge in [0.05, 0.1) is 13.2 Å². The number of aromatic nitrogens is 4. The first-order valence-corrected chi connectivity index (χ1v) is 9.31. The van der Waals surface area contributed by atoms with Crippen LogP contribution in [0, 0.1) is 0 Å². The van der Waals surface area contributed by atoms with Crippen molar-refractivity contribution < 1.29 is 20.1 Å². The first-order chi connectivity index (χ1) is 13.4. The maximum absolute atomic E-state index is 13.0. The summed E-state index contributed by atoms with van der Waals surface area (Å²) in [6.07, 6.45) is -4.71. The summed E-state index contributed by atoms with van der Waals surface area (Å²) in [7, 11) is 0. The third kappa shape index (κ3) is 3.01. The molecule has 4 rings (SSSR count). The Morgan fingerprint density at radius 1 is 1.18 bits per heavy atom. The van der Waals surface area contributed by atoms with Crippen molar-refractivity contribution in [1.82, 2.24) is 19.1 Å². The van der Waals surface area contributed by atoms with Crippen LogP contribution in [0.5, 0.6) is 0 Å². The zero-order valence-corrected chi connectivity index (χ0v) is 16.1. The summed E-state index contributed by atoms with van der Waals surface area (Å²) in [6.45, 7) is -0.245. The molecule has 3 heterocycles. The summed E-state index contributed by atoms with van der Waals surface area (Å²) in [5.74, 6) is -0.0262. The van der Waals surface area contributed by atoms with Gasteiger partial charge in [-0.1, -0.05) is 30.3 Å². The summed E-state index contributed by atoms with van der Waals surface area (Å²) in [5, 5.41) is 29.6. The van der Waals surface area contributed by atoms with Gasteiger partial charge in [0.1, 0.15) is 18.3 Å². The van der Waals surface area contributed by atoms with Crippen molar-refractivity contribution in [2.24, 2.45) is 0 Å². The molecule has 1 aliphatic rings. The van der Waals surface area contributed by atoms with E-state index in [4.69, 9.17) is 10.5 Å². The number of fused-ring (bicyclic) bond motifs is 1. The van der Waals surface area contributed by atoms with Gasteiger partial charge < -0.3 is 25.8 Å². The second kappa shape index (κ2) is 7.26. The third-order valence-corrected chi connectivity index (χ3v) is 5.30. The topological polar surface area (TPSA) is 149 Å². The molecule has 1 fully saturated rings. The molecule has 0 aliphatic carbocycles. The fourth-order valence-corrected chi connectivity index (χ4v) is 3.83. The number of ether oxygens (including phenoxy) is 1. The van der Waals surface area contributed by atoms with E-state index in [0.29, 0.717) is 0 Å². The number of benzene rings is 1. The highest BCUT2D eigenvalue weighted by Gasteiger charge is 2.45. The molecule has 0 spiro atoms. The number of hydrogen-bond donors (Lipinski definition) is 4. The molecule has 10 nitrogen and oxygen atoms in total. The zero-order chi connectivity index (χ0) is 20.0. The predicted molar refractivity (Wildman–Crippen MR) is 102 cm³/mol. The quantitative estimate of drug-likeness (QED) is 0.391. The molecule has 1 saturated heterocycles. The molecule has 11 heteroatoms. The van der Waals surface area contributed by atoms with Crippen LogP contribution < -0.4 is 11.3 Å². The summed E-state index contributed by atoms with van der Waals surface area (Å²) >= 11 is 3.25. The number of halogens is 1. The molecule has 5 N–H and O–H groups in total. The second-order valence-corrected chi connectivity index (χ2v) is 7.21. The SMILES string of the molecule is Nc1nc2c(nc(Br)n2[C@@H]2O[C@H](CO)[C@@H](O)[C@H]2O)c(=O)n1Cc1ccccc1. The van der Waals surface area contributed by atoms with E-state index >= 15 is 0 Å². The Hall–Kier alpha value is -2.31. The van der Waals surface area contributed by atoms with Crippen molar-refractivity contribution in [3.63, 3.8) is 0 Å². The normalized spacial score (nSPS) is 24.9. The minimum atomic E-state index is -1.35. The Kier molecular flexibility index (Phi) is 4.93. The van der Waals surface area contributed by atoms with Crippen molar-refractivity contribution in [3.05, 3.63) is 51.0 Å². The molecule has 0 saturated carbocycles. The number of anilines is 1. The van der Waals surface area contributed by atoms with Gasteiger partial charge in [-0.15, -0.1) is 0 Å². The predicted octanol–water partition coefficient (Wildman–Crippen LogP) is -0.403. The van der Waals surface area contributed by atoms with Crippen LogP contribution in [-0.4, -0.2) is 59.3 Å². The minimum Gasteiger partial charge on any atom is -0.394 e. The van der Waals surface area contributed by atoms with Crippen molar-refractivity contribution >= 4 is 33.0 Å². The molecule has 0 bridgehead atoms. The zero-order valence-electron chi connectivity index (χ0n) is 14.5. The van der Waals surface area contributed by atoms with Crippen LogP contribution in [0.3, 0.4) is 0 Å². The van der Waals surface area contributed by atoms with E-state index in [1.807, 2.05) is 30.3 Å². The second-order valence-electron chi connectivity index (χ2n) is 6.50. The van der Waals surface area contributed by atoms with Gasteiger partial charge in [0, 0.05) is 0 Å². The van der Waals surface area contributed by atoms with Crippen molar-refractivity contribution in [2.75, 3.05) is 12.3 Å². The Balaban J connectivity index is 1.81. The van der Waals surface area contributed by atoms with Crippen LogP contribution >= 0.6 is 15.9 Å². The van der Waals surface area contributed by atoms with Gasteiger partial charge in [0.25, 0.3) is 5.56 Å². The highest BCUT2D eigenvalue weighted by atomic mass is 79.9. The summed E-state index contributed by atoms with van der Waals surface area (Å²) in [6, 6.07) is 9.31. The van der Waals surface area contributed by atoms with Crippen molar-refractivity contribution in [3.8, 4) is 0 Å². The lowest BCUT2D eigenvalue weighted by atomic mass is 10.1. The number of imidazole rings is 1. The lowest BCUT2D eigenvalue weighted by Gasteiger charge is -2.18. The molecule has 2 aromatic heterocycles. The van der Waals surface area contributed by atoms with Crippen molar-refractivity contribution in [1.29, 1.82) is 0 Å². The molecule has 1 aliphatic heterocycles. The highest BCUT2D eigenvalue weighted by molar-refractivity contribution is 9.10. The van der Waals surface area contributed by atoms with E-state index in [2.05, 4.69) is 25.9 Å². The average Bonchev–Trinajstić information content (AvgIpc) is 3.16. The largest absolute Gasteiger partial charge is 0.394 e. The lowest BCUT2D eigenvalue weighted by Crippen LogP contribution is -2.33. The molecule has 0 amide bonds. The minimum absolute atomic E-state index is 0.0262. The van der Waals surface area contributed by atoms with Gasteiger partial charge >= 0.3 is 0 Å². The van der Waals surface area contributed by atoms with Crippen LogP contribution in [0.2, 0.25) is 0 Å². The lowest BCUT2D eigenvalue weighted by molar-refractivity contribution is -0.0521. The van der Waals surface area contributed by atoms with E-state index in [1.165, 1.54) is 9.13 Å². The Bertz CT molecular complexity index is 1070. The number of rotatable bonds is 4. The van der Waals surface area contributed by atoms with Crippen LogP contribution in [0.1, 0.15) is 11.8 Å². The van der Waals surface area contributed by atoms with E-state index < -0.39 is 36.7 Å². The summed E-state index contributed by atoms with van der Waals surface area (Å²) in [4.78, 5) is 21.4. The number of aliphatic hydroxyl groups is 3. The first-order valence-electron chi connectivity index (χ1n) is 8.52. The molecule has 148 valence electrons. The highest BCUT2D eigenvalue weighted by Crippen LogP contribution is 2.33. The number of aliphatic hydroxyl groups excluding tert-OH is 3. The van der Waals surface area contributed by atoms with Gasteiger partial charge in [0.15, 0.2) is 22.1 Å². The van der Waals surface area contributed by atoms with E-state index in [-0.39, 0.29) is 28.4 Å². The maximum Gasteiger partial charge on any atom is 0.283 e. The molecular formula is C17H18BrN5O5.